The molecule has 0 saturated carbocycles. The Morgan fingerprint density at radius 1 is 0.814 bits per heavy atom. The lowest BCUT2D eigenvalue weighted by Crippen LogP contribution is -2.55. The van der Waals surface area contributed by atoms with Crippen LogP contribution in [0.25, 0.3) is 12.2 Å². The molecule has 2 N–H and O–H groups in total. The number of aliphatic carboxylic acids is 2. The molecule has 2 aliphatic heterocycles. The Morgan fingerprint density at radius 3 is 1.72 bits per heavy atom. The molecule has 0 aromatic heterocycles. The number of carboxylic acids is 2. The van der Waals surface area contributed by atoms with Crippen LogP contribution in [0, 0.1) is 0 Å². The summed E-state index contributed by atoms with van der Waals surface area (Å²) in [5.41, 5.74) is -1.04. The molecule has 0 bridgehead atoms. The van der Waals surface area contributed by atoms with E-state index in [1.807, 2.05) is 0 Å². The number of methoxy groups -OCH3 is 2. The second kappa shape index (κ2) is 12.8. The maximum Gasteiger partial charge on any atom is 0.329 e. The molecule has 0 unspecified atom stereocenters. The first-order valence-corrected chi connectivity index (χ1v) is 14.3. The Morgan fingerprint density at radius 2 is 1.28 bits per heavy atom. The zero-order valence-corrected chi connectivity index (χ0v) is 24.8. The number of hydrogen-bond acceptors (Lipinski definition) is 10. The SMILES string of the molecule is COc1ccc(/C=C2\SC(=O)N([C@H](CC[C@](C)(C(=O)O)N3C(=O)S/C(=C\c4ccc(OC)cc4)C3=O)C(=O)O)C2=O)cc1. The van der Waals surface area contributed by atoms with Crippen molar-refractivity contribution in [3.63, 3.8) is 0 Å². The summed E-state index contributed by atoms with van der Waals surface area (Å²) in [5, 5.41) is 18.4. The molecule has 2 fully saturated rings. The van der Waals surface area contributed by atoms with Crippen molar-refractivity contribution in [3.8, 4) is 11.5 Å². The lowest BCUT2D eigenvalue weighted by Gasteiger charge is -2.34. The highest BCUT2D eigenvalue weighted by Gasteiger charge is 2.52. The van der Waals surface area contributed by atoms with E-state index in [4.69, 9.17) is 9.47 Å². The van der Waals surface area contributed by atoms with Gasteiger partial charge in [-0.1, -0.05) is 24.3 Å². The molecule has 2 aromatic carbocycles. The Hall–Kier alpha value is -4.56. The molecule has 2 atom stereocenters. The quantitative estimate of drug-likeness (QED) is 0.334. The highest BCUT2D eigenvalue weighted by atomic mass is 32.2. The fourth-order valence-corrected chi connectivity index (χ4v) is 6.25. The lowest BCUT2D eigenvalue weighted by atomic mass is 9.91. The summed E-state index contributed by atoms with van der Waals surface area (Å²) >= 11 is 1.10. The van der Waals surface area contributed by atoms with Crippen molar-refractivity contribution in [2.24, 2.45) is 0 Å². The molecule has 0 aliphatic carbocycles. The summed E-state index contributed by atoms with van der Waals surface area (Å²) in [5.74, 6) is -3.67. The summed E-state index contributed by atoms with van der Waals surface area (Å²) in [6.45, 7) is 1.12. The van der Waals surface area contributed by atoms with Gasteiger partial charge in [0.1, 0.15) is 23.1 Å². The van der Waals surface area contributed by atoms with Crippen LogP contribution in [0.3, 0.4) is 0 Å². The fourth-order valence-electron chi connectivity index (χ4n) is 4.44. The number of carbonyl (C=O) groups excluding carboxylic acids is 4. The van der Waals surface area contributed by atoms with Gasteiger partial charge in [0, 0.05) is 0 Å². The number of carboxylic acid groups (broad SMARTS) is 2. The van der Waals surface area contributed by atoms with Crippen molar-refractivity contribution in [3.05, 3.63) is 69.5 Å². The van der Waals surface area contributed by atoms with E-state index in [0.717, 1.165) is 6.92 Å². The minimum atomic E-state index is -2.18. The maximum absolute atomic E-state index is 13.3. The van der Waals surface area contributed by atoms with Gasteiger partial charge in [0.15, 0.2) is 0 Å². The van der Waals surface area contributed by atoms with Crippen LogP contribution in [-0.2, 0) is 19.2 Å². The van der Waals surface area contributed by atoms with Crippen LogP contribution in [-0.4, -0.2) is 80.0 Å². The standard InChI is InChI=1S/C29H26N2O10S2/c1-29(26(36)37,31-24(33)22(43-28(31)39)15-17-6-10-19(41-3)11-7-17)13-12-20(25(34)35)30-23(32)21(42-27(30)38)14-16-4-8-18(40-2)9-5-16/h4-11,14-15,20H,12-13H2,1-3H3,(H,34,35)(H,36,37)/b21-14-,22-15-/t20-,29-/m1/s1. The van der Waals surface area contributed by atoms with Crippen LogP contribution >= 0.6 is 23.5 Å². The number of imide groups is 2. The number of hydrogen-bond donors (Lipinski definition) is 2. The molecule has 0 spiro atoms. The van der Waals surface area contributed by atoms with Crippen LogP contribution in [0.5, 0.6) is 11.5 Å². The Balaban J connectivity index is 1.55. The minimum absolute atomic E-state index is 0.0166. The number of rotatable bonds is 11. The number of nitrogens with zero attached hydrogens (tertiary/aromatic N) is 2. The second-order valence-corrected chi connectivity index (χ2v) is 11.6. The molecule has 2 aromatic rings. The van der Waals surface area contributed by atoms with Gasteiger partial charge in [-0.25, -0.2) is 9.59 Å². The summed E-state index contributed by atoms with van der Waals surface area (Å²) in [4.78, 5) is 77.9. The number of thioether (sulfide) groups is 2. The van der Waals surface area contributed by atoms with E-state index in [1.54, 1.807) is 48.5 Å². The van der Waals surface area contributed by atoms with Gasteiger partial charge in [0.05, 0.1) is 24.0 Å². The third kappa shape index (κ3) is 6.44. The van der Waals surface area contributed by atoms with E-state index < -0.39 is 58.7 Å². The molecule has 2 aliphatic rings. The molecular weight excluding hydrogens is 600 g/mol. The molecule has 2 heterocycles. The molecule has 0 radical (unpaired) electrons. The topological polar surface area (TPSA) is 168 Å². The molecule has 224 valence electrons. The zero-order valence-electron chi connectivity index (χ0n) is 23.1. The lowest BCUT2D eigenvalue weighted by molar-refractivity contribution is -0.154. The number of benzene rings is 2. The van der Waals surface area contributed by atoms with Crippen molar-refractivity contribution in [2.75, 3.05) is 14.2 Å². The molecule has 4 rings (SSSR count). The predicted molar refractivity (Wildman–Crippen MR) is 158 cm³/mol. The molecule has 2 saturated heterocycles. The normalized spacial score (nSPS) is 19.2. The number of carbonyl (C=O) groups is 6. The summed E-state index contributed by atoms with van der Waals surface area (Å²) in [7, 11) is 2.99. The van der Waals surface area contributed by atoms with E-state index in [2.05, 4.69) is 0 Å². The van der Waals surface area contributed by atoms with E-state index in [-0.39, 0.29) is 9.81 Å². The van der Waals surface area contributed by atoms with Gasteiger partial charge in [0.2, 0.25) is 0 Å². The van der Waals surface area contributed by atoms with Crippen molar-refractivity contribution in [1.82, 2.24) is 9.80 Å². The van der Waals surface area contributed by atoms with Crippen molar-refractivity contribution < 1.29 is 48.5 Å². The average molecular weight is 627 g/mol. The third-order valence-corrected chi connectivity index (χ3v) is 8.65. The van der Waals surface area contributed by atoms with Crippen LogP contribution in [0.15, 0.2) is 58.3 Å². The van der Waals surface area contributed by atoms with Gasteiger partial charge in [-0.15, -0.1) is 0 Å². The summed E-state index contributed by atoms with van der Waals surface area (Å²) in [6.07, 6.45) is 1.78. The number of amides is 4. The summed E-state index contributed by atoms with van der Waals surface area (Å²) in [6, 6.07) is 11.5. The van der Waals surface area contributed by atoms with Crippen LogP contribution in [0.1, 0.15) is 30.9 Å². The highest BCUT2D eigenvalue weighted by molar-refractivity contribution is 8.18. The van der Waals surface area contributed by atoms with Gasteiger partial charge in [-0.3, -0.25) is 29.0 Å². The van der Waals surface area contributed by atoms with Crippen LogP contribution in [0.2, 0.25) is 0 Å². The van der Waals surface area contributed by atoms with Crippen LogP contribution < -0.4 is 9.47 Å². The highest BCUT2D eigenvalue weighted by Crippen LogP contribution is 2.40. The predicted octanol–water partition coefficient (Wildman–Crippen LogP) is 4.55. The Bertz CT molecular complexity index is 1550. The van der Waals surface area contributed by atoms with Crippen molar-refractivity contribution in [1.29, 1.82) is 0 Å². The third-order valence-electron chi connectivity index (χ3n) is 6.90. The van der Waals surface area contributed by atoms with Gasteiger partial charge >= 0.3 is 11.9 Å². The molecule has 14 heteroatoms. The fraction of sp³-hybridized carbons (Fsp3) is 0.241. The van der Waals surface area contributed by atoms with E-state index in [9.17, 15) is 39.0 Å². The minimum Gasteiger partial charge on any atom is -0.497 e. The average Bonchev–Trinajstić information content (AvgIpc) is 3.41. The number of ether oxygens (including phenoxy) is 2. The first-order valence-electron chi connectivity index (χ1n) is 12.7. The van der Waals surface area contributed by atoms with Crippen molar-refractivity contribution >= 4 is 69.9 Å². The smallest absolute Gasteiger partial charge is 0.329 e. The molecule has 43 heavy (non-hydrogen) atoms. The molecule has 4 amide bonds. The van der Waals surface area contributed by atoms with Crippen molar-refractivity contribution in [2.45, 2.75) is 31.3 Å². The van der Waals surface area contributed by atoms with Gasteiger partial charge in [-0.05, 0) is 90.8 Å². The van der Waals surface area contributed by atoms with Gasteiger partial charge in [-0.2, -0.15) is 0 Å². The molecule has 12 nitrogen and oxygen atoms in total. The zero-order chi connectivity index (χ0) is 31.5. The van der Waals surface area contributed by atoms with Gasteiger partial charge in [0.25, 0.3) is 22.3 Å². The monoisotopic (exact) mass is 626 g/mol. The van der Waals surface area contributed by atoms with E-state index in [0.29, 0.717) is 55.9 Å². The Kier molecular flexibility index (Phi) is 9.30. The summed E-state index contributed by atoms with van der Waals surface area (Å²) < 4.78 is 10.2. The second-order valence-electron chi connectivity index (χ2n) is 9.59. The first-order chi connectivity index (χ1) is 20.4. The van der Waals surface area contributed by atoms with E-state index in [1.165, 1.54) is 26.4 Å². The van der Waals surface area contributed by atoms with E-state index >= 15 is 0 Å². The largest absolute Gasteiger partial charge is 0.497 e. The maximum atomic E-state index is 13.3. The molecular formula is C29H26N2O10S2. The van der Waals surface area contributed by atoms with Gasteiger partial charge < -0.3 is 19.7 Å². The van der Waals surface area contributed by atoms with Crippen LogP contribution in [0.4, 0.5) is 9.59 Å². The Labute approximate surface area is 254 Å². The first kappa shape index (κ1) is 31.4.